The SMILES string of the molecule is CCN(CC)S(=O)(=O)c1ccc(Cl)c(C(=O)Nc2cc(F)c(N3CCCC3)c(F)c2)c1. The molecule has 0 aliphatic carbocycles. The first kappa shape index (κ1) is 23.4. The van der Waals surface area contributed by atoms with Gasteiger partial charge in [0.15, 0.2) is 11.6 Å². The molecule has 0 bridgehead atoms. The van der Waals surface area contributed by atoms with Crippen LogP contribution in [0.5, 0.6) is 0 Å². The number of anilines is 2. The molecule has 1 aliphatic heterocycles. The molecule has 0 saturated carbocycles. The van der Waals surface area contributed by atoms with Crippen LogP contribution < -0.4 is 10.2 Å². The maximum atomic E-state index is 14.5. The molecule has 0 radical (unpaired) electrons. The van der Waals surface area contributed by atoms with E-state index in [4.69, 9.17) is 11.6 Å². The molecule has 1 heterocycles. The molecule has 1 amide bonds. The molecule has 10 heteroatoms. The van der Waals surface area contributed by atoms with Crippen LogP contribution in [0.2, 0.25) is 5.02 Å². The van der Waals surface area contributed by atoms with Crippen LogP contribution in [-0.2, 0) is 10.0 Å². The highest BCUT2D eigenvalue weighted by atomic mass is 35.5. The number of benzene rings is 2. The van der Waals surface area contributed by atoms with E-state index in [2.05, 4.69) is 5.32 Å². The van der Waals surface area contributed by atoms with Crippen molar-refractivity contribution >= 4 is 38.9 Å². The van der Waals surface area contributed by atoms with Gasteiger partial charge >= 0.3 is 0 Å². The van der Waals surface area contributed by atoms with Gasteiger partial charge in [0.05, 0.1) is 15.5 Å². The van der Waals surface area contributed by atoms with Crippen molar-refractivity contribution in [2.45, 2.75) is 31.6 Å². The van der Waals surface area contributed by atoms with E-state index in [0.29, 0.717) is 13.1 Å². The summed E-state index contributed by atoms with van der Waals surface area (Å²) in [7, 11) is -3.81. The van der Waals surface area contributed by atoms with Crippen LogP contribution in [0.4, 0.5) is 20.2 Å². The number of rotatable bonds is 7. The van der Waals surface area contributed by atoms with Gasteiger partial charge in [-0.15, -0.1) is 0 Å². The third-order valence-corrected chi connectivity index (χ3v) is 7.60. The van der Waals surface area contributed by atoms with Crippen molar-refractivity contribution in [3.63, 3.8) is 0 Å². The lowest BCUT2D eigenvalue weighted by Gasteiger charge is -2.20. The lowest BCUT2D eigenvalue weighted by atomic mass is 10.2. The first-order valence-electron chi connectivity index (χ1n) is 10.0. The zero-order valence-corrected chi connectivity index (χ0v) is 18.9. The van der Waals surface area contributed by atoms with Crippen molar-refractivity contribution in [2.24, 2.45) is 0 Å². The third kappa shape index (κ3) is 4.83. The number of hydrogen-bond donors (Lipinski definition) is 1. The molecule has 2 aromatic carbocycles. The minimum Gasteiger partial charge on any atom is -0.367 e. The molecule has 0 spiro atoms. The van der Waals surface area contributed by atoms with Gasteiger partial charge in [0.2, 0.25) is 10.0 Å². The summed E-state index contributed by atoms with van der Waals surface area (Å²) in [5.41, 5.74) is -0.309. The molecule has 31 heavy (non-hydrogen) atoms. The van der Waals surface area contributed by atoms with Crippen LogP contribution in [-0.4, -0.2) is 44.8 Å². The molecule has 6 nitrogen and oxygen atoms in total. The summed E-state index contributed by atoms with van der Waals surface area (Å²) in [5.74, 6) is -2.32. The molecular weight excluding hydrogens is 448 g/mol. The molecule has 0 atom stereocenters. The number of hydrogen-bond acceptors (Lipinski definition) is 4. The second kappa shape index (κ2) is 9.50. The van der Waals surface area contributed by atoms with Crippen molar-refractivity contribution in [1.82, 2.24) is 4.31 Å². The molecule has 2 aromatic rings. The lowest BCUT2D eigenvalue weighted by Crippen LogP contribution is -2.30. The van der Waals surface area contributed by atoms with E-state index in [1.807, 2.05) is 0 Å². The van der Waals surface area contributed by atoms with Gasteiger partial charge in [-0.3, -0.25) is 4.79 Å². The van der Waals surface area contributed by atoms with E-state index in [1.165, 1.54) is 16.4 Å². The number of carbonyl (C=O) groups excluding carboxylic acids is 1. The Hall–Kier alpha value is -2.23. The average molecular weight is 472 g/mol. The first-order valence-corrected chi connectivity index (χ1v) is 11.9. The fourth-order valence-electron chi connectivity index (χ4n) is 3.63. The number of sulfonamides is 1. The standard InChI is InChI=1S/C21H24ClF2N3O3S/c1-3-27(4-2)31(29,30)15-7-8-17(22)16(13-15)21(28)25-14-11-18(23)20(19(24)12-14)26-9-5-6-10-26/h7-8,11-13H,3-6,9-10H2,1-2H3,(H,25,28). The van der Waals surface area contributed by atoms with Gasteiger partial charge < -0.3 is 10.2 Å². The highest BCUT2D eigenvalue weighted by molar-refractivity contribution is 7.89. The Bertz CT molecular complexity index is 1060. The van der Waals surface area contributed by atoms with Crippen LogP contribution in [0.25, 0.3) is 0 Å². The number of nitrogens with one attached hydrogen (secondary N) is 1. The summed E-state index contributed by atoms with van der Waals surface area (Å²) < 4.78 is 55.8. The van der Waals surface area contributed by atoms with E-state index in [-0.39, 0.29) is 39.9 Å². The summed E-state index contributed by atoms with van der Waals surface area (Å²) in [6, 6.07) is 5.87. The number of nitrogens with zero attached hydrogens (tertiary/aromatic N) is 2. The maximum Gasteiger partial charge on any atom is 0.257 e. The van der Waals surface area contributed by atoms with E-state index >= 15 is 0 Å². The van der Waals surface area contributed by atoms with Crippen molar-refractivity contribution in [3.8, 4) is 0 Å². The minimum absolute atomic E-state index is 0.0191. The van der Waals surface area contributed by atoms with Crippen molar-refractivity contribution < 1.29 is 22.0 Å². The van der Waals surface area contributed by atoms with Gasteiger partial charge in [0, 0.05) is 31.9 Å². The topological polar surface area (TPSA) is 69.7 Å². The first-order chi connectivity index (χ1) is 14.7. The monoisotopic (exact) mass is 471 g/mol. The Labute approximate surface area is 185 Å². The van der Waals surface area contributed by atoms with E-state index in [9.17, 15) is 22.0 Å². The second-order valence-corrected chi connectivity index (χ2v) is 9.51. The van der Waals surface area contributed by atoms with E-state index in [0.717, 1.165) is 31.0 Å². The normalized spacial score (nSPS) is 14.3. The predicted molar refractivity (Wildman–Crippen MR) is 117 cm³/mol. The molecule has 0 unspecified atom stereocenters. The zero-order valence-electron chi connectivity index (χ0n) is 17.3. The molecule has 3 rings (SSSR count). The Morgan fingerprint density at radius 1 is 1.10 bits per heavy atom. The Morgan fingerprint density at radius 2 is 1.68 bits per heavy atom. The van der Waals surface area contributed by atoms with Gasteiger partial charge in [0.25, 0.3) is 5.91 Å². The number of carbonyl (C=O) groups is 1. The van der Waals surface area contributed by atoms with Crippen LogP contribution >= 0.6 is 11.6 Å². The summed E-state index contributed by atoms with van der Waals surface area (Å²) in [4.78, 5) is 14.3. The zero-order chi connectivity index (χ0) is 22.8. The molecule has 1 fully saturated rings. The third-order valence-electron chi connectivity index (χ3n) is 5.22. The summed E-state index contributed by atoms with van der Waals surface area (Å²) in [6.45, 7) is 5.10. The minimum atomic E-state index is -3.81. The van der Waals surface area contributed by atoms with E-state index < -0.39 is 27.6 Å². The predicted octanol–water partition coefficient (Wildman–Crippen LogP) is 4.50. The van der Waals surface area contributed by atoms with E-state index in [1.54, 1.807) is 18.7 Å². The lowest BCUT2D eigenvalue weighted by molar-refractivity contribution is 0.102. The smallest absolute Gasteiger partial charge is 0.257 e. The number of amides is 1. The summed E-state index contributed by atoms with van der Waals surface area (Å²) in [6.07, 6.45) is 1.73. The highest BCUT2D eigenvalue weighted by Crippen LogP contribution is 2.30. The molecule has 1 N–H and O–H groups in total. The van der Waals surface area contributed by atoms with Crippen molar-refractivity contribution in [3.05, 3.63) is 52.6 Å². The fraction of sp³-hybridized carbons (Fsp3) is 0.381. The largest absolute Gasteiger partial charge is 0.367 e. The molecular formula is C21H24ClF2N3O3S. The summed E-state index contributed by atoms with van der Waals surface area (Å²) in [5, 5.41) is 2.42. The van der Waals surface area contributed by atoms with Crippen molar-refractivity contribution in [1.29, 1.82) is 0 Å². The van der Waals surface area contributed by atoms with Crippen molar-refractivity contribution in [2.75, 3.05) is 36.4 Å². The van der Waals surface area contributed by atoms with Gasteiger partial charge in [0.1, 0.15) is 5.69 Å². The summed E-state index contributed by atoms with van der Waals surface area (Å²) >= 11 is 6.10. The van der Waals surface area contributed by atoms with Gasteiger partial charge in [-0.2, -0.15) is 4.31 Å². The quantitative estimate of drug-likeness (QED) is 0.645. The molecule has 1 saturated heterocycles. The van der Waals surface area contributed by atoms with Gasteiger partial charge in [-0.1, -0.05) is 25.4 Å². The van der Waals surface area contributed by atoms with Gasteiger partial charge in [-0.05, 0) is 43.2 Å². The number of halogens is 3. The Balaban J connectivity index is 1.89. The second-order valence-electron chi connectivity index (χ2n) is 7.17. The molecule has 1 aliphatic rings. The highest BCUT2D eigenvalue weighted by Gasteiger charge is 2.25. The molecule has 0 aromatic heterocycles. The average Bonchev–Trinajstić information content (AvgIpc) is 3.22. The Morgan fingerprint density at radius 3 is 2.23 bits per heavy atom. The van der Waals surface area contributed by atoms with Gasteiger partial charge in [-0.25, -0.2) is 17.2 Å². The fourth-order valence-corrected chi connectivity index (χ4v) is 5.32. The van der Waals surface area contributed by atoms with Crippen LogP contribution in [0.3, 0.4) is 0 Å². The van der Waals surface area contributed by atoms with Crippen LogP contribution in [0.1, 0.15) is 37.0 Å². The Kier molecular flexibility index (Phi) is 7.18. The van der Waals surface area contributed by atoms with Crippen LogP contribution in [0.15, 0.2) is 35.2 Å². The van der Waals surface area contributed by atoms with Crippen LogP contribution in [0, 0.1) is 11.6 Å². The molecule has 168 valence electrons. The maximum absolute atomic E-state index is 14.5.